The van der Waals surface area contributed by atoms with Gasteiger partial charge in [0.25, 0.3) is 0 Å². The molecule has 0 bridgehead atoms. The minimum Gasteiger partial charge on any atom is -0.508 e. The van der Waals surface area contributed by atoms with Gasteiger partial charge in [-0.05, 0) is 159 Å². The van der Waals surface area contributed by atoms with Crippen molar-refractivity contribution in [3.8, 4) is 17.2 Å². The molecule has 35 nitrogen and oxygen atoms in total. The lowest BCUT2D eigenvalue weighted by Gasteiger charge is -2.33. The number of thioether (sulfide) groups is 2. The zero-order valence-electron chi connectivity index (χ0n) is 68.6. The van der Waals surface area contributed by atoms with E-state index >= 15 is 0 Å². The predicted octanol–water partition coefficient (Wildman–Crippen LogP) is -0.729. The molecule has 0 unspecified atom stereocenters. The van der Waals surface area contributed by atoms with Crippen LogP contribution in [-0.4, -0.2) is 281 Å². The van der Waals surface area contributed by atoms with E-state index in [0.717, 1.165) is 11.8 Å². The molecular formula is C83H116N14O21S2. The normalized spacial score (nSPS) is 18.4. The van der Waals surface area contributed by atoms with Gasteiger partial charge in [0.2, 0.25) is 76.8 Å². The number of aliphatic hydroxyl groups excluding tert-OH is 3. The Morgan fingerprint density at radius 1 is 0.417 bits per heavy atom. The molecule has 4 aromatic rings. The van der Waals surface area contributed by atoms with Gasteiger partial charge in [0.1, 0.15) is 89.8 Å². The van der Waals surface area contributed by atoms with E-state index in [-0.39, 0.29) is 113 Å². The SMILES string of the molecule is CC[C@H](C)[C@H](NC(=O)[C@@H]1CCCN1C(=O)[C@H](CC(C)C)NC(=O)[C@@H]1CCCN1C(=O)[C@H](CO)NC(=O)[C@H](CO)NC(=O)[C@H](Cc1ccc(O)cc1)NC(=O)[C@H](CCSC)NC(=O)[C@H](Cc1ccc(O)cc1)NC(=O)[C@@H]1CCCN1C(=O)[C@@H](N)CCSC)C(=O)N[C@@H](Cc1ccccc1)C(=O)N[C@@H](Cc1ccc(O)cc1)C(=O)N[C@H](C(=O)O)[C@@H](C)O. The summed E-state index contributed by atoms with van der Waals surface area (Å²) >= 11 is 2.84. The first kappa shape index (κ1) is 96.5. The lowest BCUT2D eigenvalue weighted by Crippen LogP contribution is -2.62. The summed E-state index contributed by atoms with van der Waals surface area (Å²) in [5.74, 6) is -12.7. The monoisotopic (exact) mass is 1710 g/mol. The number of nitrogens with two attached hydrogens (primary N) is 1. The number of carboxylic acids is 1. The van der Waals surface area contributed by atoms with E-state index in [2.05, 4.69) is 53.2 Å². The van der Waals surface area contributed by atoms with Crippen molar-refractivity contribution in [2.24, 2.45) is 17.6 Å². The van der Waals surface area contributed by atoms with Gasteiger partial charge in [-0.25, -0.2) is 4.79 Å². The summed E-state index contributed by atoms with van der Waals surface area (Å²) in [6.07, 6.45) is 3.50. The van der Waals surface area contributed by atoms with Gasteiger partial charge in [-0.2, -0.15) is 23.5 Å². The minimum absolute atomic E-state index is 0.0220. The molecule has 0 saturated carbocycles. The van der Waals surface area contributed by atoms with Crippen LogP contribution in [0.1, 0.15) is 121 Å². The number of nitrogens with zero attached hydrogens (tertiary/aromatic N) is 3. The van der Waals surface area contributed by atoms with E-state index in [4.69, 9.17) is 5.73 Å². The molecule has 3 saturated heterocycles. The quantitative estimate of drug-likeness (QED) is 0.0259. The first-order valence-electron chi connectivity index (χ1n) is 40.4. The molecule has 3 aliphatic heterocycles. The number of rotatable bonds is 45. The fourth-order valence-electron chi connectivity index (χ4n) is 14.5. The summed E-state index contributed by atoms with van der Waals surface area (Å²) in [5, 5.41) is 98.0. The van der Waals surface area contributed by atoms with Crippen LogP contribution in [0.4, 0.5) is 0 Å². The van der Waals surface area contributed by atoms with Crippen LogP contribution in [0.25, 0.3) is 0 Å². The molecule has 3 aliphatic rings. The Morgan fingerprint density at radius 3 is 1.17 bits per heavy atom. The maximum Gasteiger partial charge on any atom is 0.328 e. The highest BCUT2D eigenvalue weighted by Crippen LogP contribution is 2.26. The second-order valence-electron chi connectivity index (χ2n) is 31.0. The fraction of sp³-hybridized carbons (Fsp3) is 0.542. The maximum absolute atomic E-state index is 14.9. The van der Waals surface area contributed by atoms with E-state index in [9.17, 15) is 103 Å². The van der Waals surface area contributed by atoms with E-state index in [0.29, 0.717) is 53.7 Å². The third kappa shape index (κ3) is 28.3. The summed E-state index contributed by atoms with van der Waals surface area (Å²) in [6, 6.07) is 5.99. The number of carboxylic acid groups (broad SMARTS) is 1. The molecule has 7 rings (SSSR count). The van der Waals surface area contributed by atoms with Gasteiger partial charge in [-0.1, -0.05) is 101 Å². The number of phenols is 3. The second-order valence-corrected chi connectivity index (χ2v) is 32.9. The molecule has 0 spiro atoms. The molecule has 120 heavy (non-hydrogen) atoms. The Morgan fingerprint density at radius 2 is 0.758 bits per heavy atom. The average Bonchev–Trinajstić information content (AvgIpc) is 1.63. The van der Waals surface area contributed by atoms with E-state index in [1.54, 1.807) is 76.4 Å². The fourth-order valence-corrected chi connectivity index (χ4v) is 15.5. The van der Waals surface area contributed by atoms with Gasteiger partial charge in [-0.15, -0.1) is 0 Å². The van der Waals surface area contributed by atoms with Crippen LogP contribution in [0.5, 0.6) is 17.2 Å². The molecule has 0 aliphatic carbocycles. The van der Waals surface area contributed by atoms with Crippen molar-refractivity contribution < 1.29 is 103 Å². The first-order chi connectivity index (χ1) is 57.2. The highest BCUT2D eigenvalue weighted by atomic mass is 32.2. The number of phenolic OH excluding ortho intramolecular Hbond substituents is 3. The Labute approximate surface area is 705 Å². The molecule has 0 radical (unpaired) electrons. The third-order valence-electron chi connectivity index (χ3n) is 21.4. The second kappa shape index (κ2) is 47.4. The van der Waals surface area contributed by atoms with Crippen molar-refractivity contribution >= 4 is 106 Å². The van der Waals surface area contributed by atoms with Crippen LogP contribution >= 0.6 is 23.5 Å². The summed E-state index contributed by atoms with van der Waals surface area (Å²) in [5.41, 5.74) is 8.15. The molecule has 16 atom stereocenters. The number of aliphatic hydroxyl groups is 3. The maximum atomic E-state index is 14.9. The summed E-state index contributed by atoms with van der Waals surface area (Å²) in [7, 11) is 0. The van der Waals surface area contributed by atoms with Crippen LogP contribution < -0.4 is 58.9 Å². The Kier molecular flexibility index (Phi) is 38.1. The number of aromatic hydroxyl groups is 3. The Bertz CT molecular complexity index is 4150. The van der Waals surface area contributed by atoms with Gasteiger partial charge in [0, 0.05) is 45.3 Å². The number of carbonyl (C=O) groups excluding carboxylic acids is 13. The molecule has 37 heteroatoms. The van der Waals surface area contributed by atoms with E-state index in [1.165, 1.54) is 94.0 Å². The van der Waals surface area contributed by atoms with Crippen LogP contribution in [0.15, 0.2) is 103 Å². The molecule has 656 valence electrons. The van der Waals surface area contributed by atoms with E-state index < -0.39 is 193 Å². The lowest BCUT2D eigenvalue weighted by atomic mass is 9.96. The van der Waals surface area contributed by atoms with Crippen LogP contribution in [0.3, 0.4) is 0 Å². The highest BCUT2D eigenvalue weighted by molar-refractivity contribution is 7.98. The van der Waals surface area contributed by atoms with Crippen molar-refractivity contribution in [1.82, 2.24) is 67.9 Å². The Balaban J connectivity index is 1.03. The van der Waals surface area contributed by atoms with Crippen molar-refractivity contribution in [3.05, 3.63) is 125 Å². The first-order valence-corrected chi connectivity index (χ1v) is 43.2. The van der Waals surface area contributed by atoms with E-state index in [1.807, 2.05) is 6.26 Å². The number of carbonyl (C=O) groups is 14. The summed E-state index contributed by atoms with van der Waals surface area (Å²) < 4.78 is 0. The summed E-state index contributed by atoms with van der Waals surface area (Å²) in [4.78, 5) is 204. The number of nitrogens with one attached hydrogen (secondary N) is 10. The highest BCUT2D eigenvalue weighted by Gasteiger charge is 2.45. The summed E-state index contributed by atoms with van der Waals surface area (Å²) in [6.45, 7) is 6.29. The average molecular weight is 1710 g/mol. The molecular weight excluding hydrogens is 1590 g/mol. The minimum atomic E-state index is -1.87. The smallest absolute Gasteiger partial charge is 0.328 e. The van der Waals surface area contributed by atoms with Gasteiger partial charge in [0.15, 0.2) is 6.04 Å². The van der Waals surface area contributed by atoms with Crippen molar-refractivity contribution in [1.29, 1.82) is 0 Å². The Hall–Kier alpha value is -10.6. The van der Waals surface area contributed by atoms with Gasteiger partial charge < -0.3 is 109 Å². The van der Waals surface area contributed by atoms with Crippen LogP contribution in [0, 0.1) is 11.8 Å². The lowest BCUT2D eigenvalue weighted by molar-refractivity contribution is -0.145. The van der Waals surface area contributed by atoms with Crippen molar-refractivity contribution in [2.75, 3.05) is 56.9 Å². The number of benzene rings is 4. The van der Waals surface area contributed by atoms with Crippen molar-refractivity contribution in [3.63, 3.8) is 0 Å². The molecule has 3 heterocycles. The van der Waals surface area contributed by atoms with Gasteiger partial charge >= 0.3 is 5.97 Å². The molecule has 13 amide bonds. The standard InChI is InChI=1S/C83H116N14O21S2/c1-8-47(4)68(79(113)89-60(40-49-15-10-9-11-16-49)72(106)87-61(43-52-24-30-55(103)31-25-52)74(108)94-69(48(5)100)83(117)118)93-78(112)67-19-14-35-96(67)81(115)62(39-46(2)3)90-77(111)66-18-13-36-97(66)82(116)64(45-99)92-75(109)63(44-98)91-73(107)58(41-50-20-26-53(101)27-21-50)86-70(104)57(33-38-120-7)85-71(105)59(42-51-22-28-54(102)29-23-51)88-76(110)65-17-12-34-95(65)80(114)56(84)32-37-119-6/h9-11,15-16,20-31,46-48,56-69,98-103H,8,12-14,17-19,32-45,84H2,1-7H3,(H,85,105)(H,86,104)(H,87,106)(H,88,110)(H,89,113)(H,90,111)(H,91,107)(H,92,109)(H,93,112)(H,94,108)(H,117,118)/t47-,48+,56-,57-,58-,59-,60-,61-,62-,63-,64-,65-,66-,67-,68-,69-/m0/s1. The van der Waals surface area contributed by atoms with Gasteiger partial charge in [-0.3, -0.25) is 62.3 Å². The largest absolute Gasteiger partial charge is 0.508 e. The topological polar surface area (TPSA) is 537 Å². The molecule has 4 aromatic carbocycles. The number of hydrogen-bond acceptors (Lipinski definition) is 23. The molecule has 3 fully saturated rings. The zero-order valence-corrected chi connectivity index (χ0v) is 70.2. The third-order valence-corrected chi connectivity index (χ3v) is 22.7. The number of hydrogen-bond donors (Lipinski definition) is 18. The predicted molar refractivity (Wildman–Crippen MR) is 445 cm³/mol. The molecule has 0 aromatic heterocycles. The zero-order chi connectivity index (χ0) is 88.0. The number of aliphatic carboxylic acids is 1. The number of amides is 13. The number of likely N-dealkylation sites (tertiary alicyclic amines) is 3. The van der Waals surface area contributed by atoms with Crippen LogP contribution in [-0.2, 0) is 92.8 Å². The molecule has 19 N–H and O–H groups in total. The van der Waals surface area contributed by atoms with Gasteiger partial charge in [0.05, 0.1) is 25.4 Å². The van der Waals surface area contributed by atoms with Crippen LogP contribution in [0.2, 0.25) is 0 Å². The van der Waals surface area contributed by atoms with Crippen molar-refractivity contribution in [2.45, 2.75) is 215 Å².